The van der Waals surface area contributed by atoms with E-state index in [0.29, 0.717) is 30.8 Å². The van der Waals surface area contributed by atoms with Crippen LogP contribution >= 0.6 is 0 Å². The van der Waals surface area contributed by atoms with E-state index in [9.17, 15) is 9.59 Å². The van der Waals surface area contributed by atoms with Gasteiger partial charge in [-0.25, -0.2) is 9.78 Å². The number of nitrogens with zero attached hydrogens (tertiary/aromatic N) is 3. The van der Waals surface area contributed by atoms with Gasteiger partial charge < -0.3 is 14.1 Å². The Morgan fingerprint density at radius 1 is 1.40 bits per heavy atom. The number of carbonyl (C=O) groups excluding carboxylic acids is 2. The third-order valence-corrected chi connectivity index (χ3v) is 5.73. The molecule has 0 aromatic carbocycles. The number of hydrogen-bond acceptors (Lipinski definition) is 6. The molecule has 7 heteroatoms. The van der Waals surface area contributed by atoms with Gasteiger partial charge in [0, 0.05) is 31.0 Å². The van der Waals surface area contributed by atoms with Gasteiger partial charge >= 0.3 is 5.97 Å². The Morgan fingerprint density at radius 3 is 3.00 bits per heavy atom. The largest absolute Gasteiger partial charge is 0.464 e. The van der Waals surface area contributed by atoms with E-state index in [1.807, 2.05) is 0 Å². The number of piperidine rings is 2. The number of rotatable bonds is 4. The first-order valence-electron chi connectivity index (χ1n) is 9.13. The molecule has 0 radical (unpaired) electrons. The van der Waals surface area contributed by atoms with E-state index >= 15 is 0 Å². The Labute approximate surface area is 147 Å². The van der Waals surface area contributed by atoms with Gasteiger partial charge in [0.1, 0.15) is 6.26 Å². The Hall–Kier alpha value is -1.89. The Kier molecular flexibility index (Phi) is 4.27. The molecule has 1 aromatic rings. The van der Waals surface area contributed by atoms with Crippen molar-refractivity contribution < 1.29 is 18.7 Å². The molecule has 1 aliphatic carbocycles. The summed E-state index contributed by atoms with van der Waals surface area (Å²) in [6.07, 6.45) is 7.64. The monoisotopic (exact) mass is 347 g/mol. The number of aromatic nitrogens is 1. The Morgan fingerprint density at radius 2 is 2.24 bits per heavy atom. The zero-order valence-electron chi connectivity index (χ0n) is 14.7. The maximum atomic E-state index is 12.2. The van der Waals surface area contributed by atoms with Crippen molar-refractivity contribution >= 4 is 11.9 Å². The first kappa shape index (κ1) is 16.6. The predicted octanol–water partition coefficient (Wildman–Crippen LogP) is 1.83. The summed E-state index contributed by atoms with van der Waals surface area (Å²) in [6, 6.07) is 0.495. The number of oxazole rings is 1. The summed E-state index contributed by atoms with van der Waals surface area (Å²) in [4.78, 5) is 32.4. The highest BCUT2D eigenvalue weighted by molar-refractivity contribution is 5.86. The molecule has 1 atom stereocenters. The number of hydrogen-bond donors (Lipinski definition) is 0. The summed E-state index contributed by atoms with van der Waals surface area (Å²) in [7, 11) is 1.33. The normalized spacial score (nSPS) is 27.7. The molecule has 25 heavy (non-hydrogen) atoms. The van der Waals surface area contributed by atoms with Gasteiger partial charge in [-0.15, -0.1) is 0 Å². The molecule has 0 bridgehead atoms. The van der Waals surface area contributed by atoms with Gasteiger partial charge in [-0.3, -0.25) is 9.69 Å². The number of likely N-dealkylation sites (tertiary alicyclic amines) is 2. The van der Waals surface area contributed by atoms with Crippen molar-refractivity contribution in [3.63, 3.8) is 0 Å². The summed E-state index contributed by atoms with van der Waals surface area (Å²) < 4.78 is 10.1. The van der Waals surface area contributed by atoms with Gasteiger partial charge in [0.05, 0.1) is 13.7 Å². The average molecular weight is 347 g/mol. The minimum atomic E-state index is -0.476. The molecule has 136 valence electrons. The highest BCUT2D eigenvalue weighted by atomic mass is 16.5. The fourth-order valence-corrected chi connectivity index (χ4v) is 4.31. The highest BCUT2D eigenvalue weighted by Crippen LogP contribution is 2.42. The van der Waals surface area contributed by atoms with Crippen LogP contribution in [-0.2, 0) is 16.1 Å². The molecular formula is C18H25N3O4. The van der Waals surface area contributed by atoms with E-state index in [1.54, 1.807) is 0 Å². The second-order valence-electron chi connectivity index (χ2n) is 7.69. The second kappa shape index (κ2) is 6.44. The highest BCUT2D eigenvalue weighted by Gasteiger charge is 2.45. The van der Waals surface area contributed by atoms with Crippen LogP contribution in [0.2, 0.25) is 0 Å². The summed E-state index contributed by atoms with van der Waals surface area (Å²) in [6.45, 7) is 3.44. The van der Waals surface area contributed by atoms with Crippen molar-refractivity contribution in [3.8, 4) is 0 Å². The van der Waals surface area contributed by atoms with Gasteiger partial charge in [-0.1, -0.05) is 0 Å². The van der Waals surface area contributed by atoms with Crippen molar-refractivity contribution in [2.75, 3.05) is 26.7 Å². The average Bonchev–Trinajstić information content (AvgIpc) is 3.36. The molecule has 3 heterocycles. The van der Waals surface area contributed by atoms with E-state index in [-0.39, 0.29) is 11.1 Å². The molecule has 3 aliphatic rings. The smallest absolute Gasteiger partial charge is 0.360 e. The van der Waals surface area contributed by atoms with E-state index in [1.165, 1.54) is 19.8 Å². The first-order chi connectivity index (χ1) is 12.1. The maximum absolute atomic E-state index is 12.2. The lowest BCUT2D eigenvalue weighted by atomic mass is 9.73. The molecule has 7 nitrogen and oxygen atoms in total. The lowest BCUT2D eigenvalue weighted by Crippen LogP contribution is -2.54. The molecule has 4 rings (SSSR count). The van der Waals surface area contributed by atoms with Crippen molar-refractivity contribution in [2.45, 2.75) is 51.1 Å². The number of ether oxygens (including phenoxy) is 1. The molecule has 1 saturated carbocycles. The van der Waals surface area contributed by atoms with Crippen LogP contribution in [0.25, 0.3) is 0 Å². The van der Waals surface area contributed by atoms with Crippen molar-refractivity contribution in [1.29, 1.82) is 0 Å². The van der Waals surface area contributed by atoms with Crippen molar-refractivity contribution in [3.05, 3.63) is 17.8 Å². The molecular weight excluding hydrogens is 322 g/mol. The molecule has 1 amide bonds. The standard InChI is InChI=1S/C18H25N3O4/c1-24-17(23)14-10-25-15(19-14)9-20-8-2-6-18(11-20)7-5-16(22)21(12-18)13-3-4-13/h10,13H,2-9,11-12H2,1H3/t18-/m0/s1. The van der Waals surface area contributed by atoms with Crippen LogP contribution < -0.4 is 0 Å². The number of amides is 1. The van der Waals surface area contributed by atoms with E-state index < -0.39 is 5.97 Å². The van der Waals surface area contributed by atoms with Crippen molar-refractivity contribution in [2.24, 2.45) is 5.41 Å². The summed E-state index contributed by atoms with van der Waals surface area (Å²) in [5.41, 5.74) is 0.416. The SMILES string of the molecule is COC(=O)c1coc(CN2CCC[C@]3(CCC(=O)N(C4CC4)C3)C2)n1. The maximum Gasteiger partial charge on any atom is 0.360 e. The molecule has 0 unspecified atom stereocenters. The number of carbonyl (C=O) groups is 2. The van der Waals surface area contributed by atoms with Gasteiger partial charge in [-0.2, -0.15) is 0 Å². The molecule has 1 spiro atoms. The second-order valence-corrected chi connectivity index (χ2v) is 7.69. The van der Waals surface area contributed by atoms with E-state index in [2.05, 4.69) is 19.5 Å². The molecule has 2 saturated heterocycles. The van der Waals surface area contributed by atoms with Crippen LogP contribution in [0.3, 0.4) is 0 Å². The van der Waals surface area contributed by atoms with Gasteiger partial charge in [0.25, 0.3) is 0 Å². The van der Waals surface area contributed by atoms with E-state index in [4.69, 9.17) is 4.42 Å². The third-order valence-electron chi connectivity index (χ3n) is 5.73. The van der Waals surface area contributed by atoms with Gasteiger partial charge in [-0.05, 0) is 38.6 Å². The quantitative estimate of drug-likeness (QED) is 0.774. The first-order valence-corrected chi connectivity index (χ1v) is 9.13. The van der Waals surface area contributed by atoms with Crippen LogP contribution in [-0.4, -0.2) is 59.4 Å². The minimum absolute atomic E-state index is 0.201. The number of methoxy groups -OCH3 is 1. The summed E-state index contributed by atoms with van der Waals surface area (Å²) >= 11 is 0. The lowest BCUT2D eigenvalue weighted by Gasteiger charge is -2.48. The van der Waals surface area contributed by atoms with Crippen LogP contribution in [0.4, 0.5) is 0 Å². The number of esters is 1. The van der Waals surface area contributed by atoms with Crippen LogP contribution in [0.1, 0.15) is 54.9 Å². The zero-order valence-corrected chi connectivity index (χ0v) is 14.7. The predicted molar refractivity (Wildman–Crippen MR) is 88.8 cm³/mol. The van der Waals surface area contributed by atoms with E-state index in [0.717, 1.165) is 45.3 Å². The van der Waals surface area contributed by atoms with Crippen LogP contribution in [0.5, 0.6) is 0 Å². The lowest BCUT2D eigenvalue weighted by molar-refractivity contribution is -0.140. The van der Waals surface area contributed by atoms with Gasteiger partial charge in [0.2, 0.25) is 11.8 Å². The van der Waals surface area contributed by atoms with Crippen LogP contribution in [0, 0.1) is 5.41 Å². The van der Waals surface area contributed by atoms with Gasteiger partial charge in [0.15, 0.2) is 5.69 Å². The summed E-state index contributed by atoms with van der Waals surface area (Å²) in [5, 5.41) is 0. The Bertz CT molecular complexity index is 669. The fourth-order valence-electron chi connectivity index (χ4n) is 4.31. The third kappa shape index (κ3) is 3.42. The Balaban J connectivity index is 1.41. The van der Waals surface area contributed by atoms with Crippen LogP contribution in [0.15, 0.2) is 10.7 Å². The molecule has 0 N–H and O–H groups in total. The minimum Gasteiger partial charge on any atom is -0.464 e. The van der Waals surface area contributed by atoms with Crippen molar-refractivity contribution in [1.82, 2.24) is 14.8 Å². The topological polar surface area (TPSA) is 75.9 Å². The fraction of sp³-hybridized carbons (Fsp3) is 0.722. The molecule has 3 fully saturated rings. The zero-order chi connectivity index (χ0) is 17.4. The molecule has 1 aromatic heterocycles. The molecule has 2 aliphatic heterocycles. The summed E-state index contributed by atoms with van der Waals surface area (Å²) in [5.74, 6) is 0.403.